The number of quaternary nitrogens is 1. The monoisotopic (exact) mass is 301 g/mol. The second-order valence-corrected chi connectivity index (χ2v) is 4.58. The Morgan fingerprint density at radius 1 is 1.05 bits per heavy atom. The fourth-order valence-corrected chi connectivity index (χ4v) is 2.19. The number of hydroxylamine groups is 2. The first-order chi connectivity index (χ1) is 10.6. The van der Waals surface area contributed by atoms with E-state index in [-0.39, 0.29) is 11.1 Å². The number of rotatable bonds is 5. The number of ether oxygens (including phenoxy) is 1. The van der Waals surface area contributed by atoms with E-state index in [0.717, 1.165) is 0 Å². The second-order valence-electron chi connectivity index (χ2n) is 4.58. The zero-order chi connectivity index (χ0) is 16.1. The van der Waals surface area contributed by atoms with E-state index in [9.17, 15) is 20.0 Å². The summed E-state index contributed by atoms with van der Waals surface area (Å²) < 4.78 is 4.63. The van der Waals surface area contributed by atoms with Crippen LogP contribution in [0.25, 0.3) is 0 Å². The van der Waals surface area contributed by atoms with Gasteiger partial charge in [-0.05, 0) is 6.07 Å². The van der Waals surface area contributed by atoms with Crippen LogP contribution in [0.15, 0.2) is 54.6 Å². The minimum Gasteiger partial charge on any atom is -0.599 e. The molecule has 114 valence electrons. The van der Waals surface area contributed by atoms with Crippen LogP contribution in [0.3, 0.4) is 0 Å². The highest BCUT2D eigenvalue weighted by Gasteiger charge is 2.31. The fraction of sp³-hybridized carbons (Fsp3) is 0.125. The van der Waals surface area contributed by atoms with Crippen LogP contribution in [0.1, 0.15) is 32.3 Å². The molecule has 0 radical (unpaired) electrons. The summed E-state index contributed by atoms with van der Waals surface area (Å²) in [5, 5.41) is 19.7. The van der Waals surface area contributed by atoms with E-state index in [4.69, 9.17) is 0 Å². The molecular formula is C16H15NO5. The summed E-state index contributed by atoms with van der Waals surface area (Å²) in [5.74, 6) is -1.33. The van der Waals surface area contributed by atoms with E-state index in [1.807, 2.05) is 0 Å². The summed E-state index contributed by atoms with van der Waals surface area (Å²) in [7, 11) is 1.20. The van der Waals surface area contributed by atoms with Crippen molar-refractivity contribution in [3.05, 3.63) is 76.5 Å². The van der Waals surface area contributed by atoms with Crippen LogP contribution >= 0.6 is 0 Å². The van der Waals surface area contributed by atoms with E-state index in [2.05, 4.69) is 4.74 Å². The molecule has 2 unspecified atom stereocenters. The number of nitrogens with one attached hydrogen (secondary N) is 1. The lowest BCUT2D eigenvalue weighted by Crippen LogP contribution is -3.06. The molecule has 22 heavy (non-hydrogen) atoms. The summed E-state index contributed by atoms with van der Waals surface area (Å²) in [6.45, 7) is 0. The molecule has 0 amide bonds. The van der Waals surface area contributed by atoms with Gasteiger partial charge in [0.25, 0.3) is 0 Å². The zero-order valence-electron chi connectivity index (χ0n) is 11.9. The molecule has 0 saturated heterocycles. The molecule has 2 rings (SSSR count). The van der Waals surface area contributed by atoms with Gasteiger partial charge in [0, 0.05) is 11.1 Å². The van der Waals surface area contributed by atoms with Gasteiger partial charge in [-0.15, -0.1) is 0 Å². The minimum absolute atomic E-state index is 0.0330. The lowest BCUT2D eigenvalue weighted by molar-refractivity contribution is -1.06. The maximum absolute atomic E-state index is 12.6. The molecule has 2 aromatic rings. The van der Waals surface area contributed by atoms with Crippen LogP contribution in [0.2, 0.25) is 0 Å². The fourth-order valence-electron chi connectivity index (χ4n) is 2.19. The van der Waals surface area contributed by atoms with Gasteiger partial charge in [-0.3, -0.25) is 4.79 Å². The average Bonchev–Trinajstić information content (AvgIpc) is 2.55. The maximum atomic E-state index is 12.6. The Morgan fingerprint density at radius 3 is 2.14 bits per heavy atom. The van der Waals surface area contributed by atoms with Crippen LogP contribution in [0.5, 0.6) is 0 Å². The summed E-state index contributed by atoms with van der Waals surface area (Å²) in [6, 6.07) is 12.8. The van der Waals surface area contributed by atoms with E-state index < -0.39 is 23.0 Å². The molecule has 6 nitrogen and oxygen atoms in total. The topological polar surface area (TPSA) is 91.1 Å². The molecule has 2 N–H and O–H groups in total. The van der Waals surface area contributed by atoms with Crippen LogP contribution in [0, 0.1) is 5.21 Å². The summed E-state index contributed by atoms with van der Waals surface area (Å²) in [5.41, 5.74) is 0.447. The maximum Gasteiger partial charge on any atom is 0.338 e. The van der Waals surface area contributed by atoms with Crippen LogP contribution < -0.4 is 5.23 Å². The Kier molecular flexibility index (Phi) is 5.00. The quantitative estimate of drug-likeness (QED) is 0.491. The van der Waals surface area contributed by atoms with Gasteiger partial charge in [-0.2, -0.15) is 0 Å². The number of carbonyl (C=O) groups excluding carboxylic acids is 2. The largest absolute Gasteiger partial charge is 0.599 e. The number of esters is 1. The van der Waals surface area contributed by atoms with E-state index in [1.54, 1.807) is 42.5 Å². The van der Waals surface area contributed by atoms with Gasteiger partial charge in [0.1, 0.15) is 0 Å². The average molecular weight is 301 g/mol. The summed E-state index contributed by atoms with van der Waals surface area (Å²) in [6.07, 6.45) is 0. The van der Waals surface area contributed by atoms with Crippen LogP contribution in [0.4, 0.5) is 0 Å². The van der Waals surface area contributed by atoms with E-state index in [0.29, 0.717) is 5.56 Å². The molecule has 0 heterocycles. The Bertz CT molecular complexity index is 669. The molecule has 0 aromatic heterocycles. The van der Waals surface area contributed by atoms with Crippen molar-refractivity contribution < 1.29 is 24.8 Å². The molecule has 0 aliphatic heterocycles. The van der Waals surface area contributed by atoms with Gasteiger partial charge < -0.3 is 9.94 Å². The third-order valence-electron chi connectivity index (χ3n) is 3.24. The molecule has 2 aromatic carbocycles. The molecule has 0 aliphatic carbocycles. The van der Waals surface area contributed by atoms with Crippen LogP contribution in [-0.4, -0.2) is 24.1 Å². The van der Waals surface area contributed by atoms with Crippen molar-refractivity contribution in [1.82, 2.24) is 0 Å². The molecule has 0 aliphatic rings. The van der Waals surface area contributed by atoms with E-state index in [1.165, 1.54) is 19.2 Å². The first-order valence-electron chi connectivity index (χ1n) is 6.55. The SMILES string of the molecule is COC(=O)c1ccccc1C(=O)C(c1ccccc1)[NH+]([O-])O. The summed E-state index contributed by atoms with van der Waals surface area (Å²) >= 11 is 0. The lowest BCUT2D eigenvalue weighted by Gasteiger charge is -2.23. The lowest BCUT2D eigenvalue weighted by atomic mass is 9.94. The van der Waals surface area contributed by atoms with Crippen molar-refractivity contribution in [2.75, 3.05) is 7.11 Å². The third-order valence-corrected chi connectivity index (χ3v) is 3.24. The number of methoxy groups -OCH3 is 1. The van der Waals surface area contributed by atoms with Crippen LogP contribution in [-0.2, 0) is 4.74 Å². The normalized spacial score (nSPS) is 13.2. The number of benzene rings is 2. The molecular weight excluding hydrogens is 286 g/mol. The molecule has 0 saturated carbocycles. The van der Waals surface area contributed by atoms with Crippen molar-refractivity contribution in [3.8, 4) is 0 Å². The first-order valence-corrected chi connectivity index (χ1v) is 6.55. The summed E-state index contributed by atoms with van der Waals surface area (Å²) in [4.78, 5) is 24.4. The number of ketones is 1. The molecule has 0 spiro atoms. The van der Waals surface area contributed by atoms with Gasteiger partial charge in [0.05, 0.1) is 12.7 Å². The standard InChI is InChI=1S/C16H15NO5/c1-22-16(19)13-10-6-5-9-12(13)15(18)14(17(20)21)11-7-3-2-4-8-11/h2-10,14,17,20H,1H3. The molecule has 2 atom stereocenters. The highest BCUT2D eigenvalue weighted by atomic mass is 16.8. The predicted octanol–water partition coefficient (Wildman–Crippen LogP) is 1.17. The van der Waals surface area contributed by atoms with Crippen molar-refractivity contribution in [1.29, 1.82) is 0 Å². The zero-order valence-corrected chi connectivity index (χ0v) is 11.9. The van der Waals surface area contributed by atoms with Crippen molar-refractivity contribution in [2.24, 2.45) is 0 Å². The first kappa shape index (κ1) is 15.8. The molecule has 0 fully saturated rings. The third kappa shape index (κ3) is 3.20. The molecule has 6 heteroatoms. The number of carbonyl (C=O) groups is 2. The van der Waals surface area contributed by atoms with Crippen molar-refractivity contribution in [2.45, 2.75) is 6.04 Å². The van der Waals surface area contributed by atoms with Gasteiger partial charge >= 0.3 is 5.97 Å². The van der Waals surface area contributed by atoms with Gasteiger partial charge in [-0.1, -0.05) is 48.5 Å². The van der Waals surface area contributed by atoms with Gasteiger partial charge in [-0.25, -0.2) is 15.2 Å². The van der Waals surface area contributed by atoms with Crippen molar-refractivity contribution >= 4 is 11.8 Å². The number of Topliss-reactive ketones (excluding diaryl/α,β-unsaturated/α-hetero) is 1. The predicted molar refractivity (Wildman–Crippen MR) is 77.4 cm³/mol. The van der Waals surface area contributed by atoms with Crippen molar-refractivity contribution in [3.63, 3.8) is 0 Å². The Labute approximate surface area is 127 Å². The second kappa shape index (κ2) is 6.95. The highest BCUT2D eigenvalue weighted by molar-refractivity contribution is 6.08. The minimum atomic E-state index is -1.37. The number of hydrogen-bond acceptors (Lipinski definition) is 5. The van der Waals surface area contributed by atoms with Gasteiger partial charge in [0.2, 0.25) is 11.8 Å². The van der Waals surface area contributed by atoms with E-state index >= 15 is 0 Å². The van der Waals surface area contributed by atoms with Gasteiger partial charge in [0.15, 0.2) is 0 Å². The number of hydrogen-bond donors (Lipinski definition) is 2. The smallest absolute Gasteiger partial charge is 0.338 e. The highest BCUT2D eigenvalue weighted by Crippen LogP contribution is 2.19. The molecule has 0 bridgehead atoms. The Hall–Kier alpha value is -2.54. The Balaban J connectivity index is 2.47. The Morgan fingerprint density at radius 2 is 1.59 bits per heavy atom.